The van der Waals surface area contributed by atoms with Crippen LogP contribution in [0.4, 0.5) is 11.5 Å². The Morgan fingerprint density at radius 2 is 1.93 bits per heavy atom. The molecule has 4 rings (SSSR count). The number of aromatic nitrogens is 4. The number of fused-ring (bicyclic) bond motifs is 1. The zero-order chi connectivity index (χ0) is 20.1. The van der Waals surface area contributed by atoms with Crippen molar-refractivity contribution in [1.29, 1.82) is 0 Å². The molecule has 29 heavy (non-hydrogen) atoms. The van der Waals surface area contributed by atoms with E-state index in [9.17, 15) is 4.79 Å². The van der Waals surface area contributed by atoms with Gasteiger partial charge in [-0.1, -0.05) is 36.3 Å². The Morgan fingerprint density at radius 3 is 2.76 bits per heavy atom. The van der Waals surface area contributed by atoms with Gasteiger partial charge in [0.1, 0.15) is 24.3 Å². The van der Waals surface area contributed by atoms with Gasteiger partial charge in [-0.05, 0) is 36.6 Å². The molecule has 0 unspecified atom stereocenters. The third-order valence-corrected chi connectivity index (χ3v) is 4.26. The van der Waals surface area contributed by atoms with E-state index in [0.29, 0.717) is 23.9 Å². The van der Waals surface area contributed by atoms with Gasteiger partial charge < -0.3 is 10.6 Å². The van der Waals surface area contributed by atoms with Gasteiger partial charge in [-0.3, -0.25) is 9.36 Å². The minimum absolute atomic E-state index is 0.354. The topological polar surface area (TPSA) is 84.7 Å². The molecule has 0 spiro atoms. The number of nitrogens with zero attached hydrogens (tertiary/aromatic N) is 4. The zero-order valence-electron chi connectivity index (χ0n) is 15.8. The van der Waals surface area contributed by atoms with Crippen LogP contribution in [-0.2, 0) is 11.3 Å². The summed E-state index contributed by atoms with van der Waals surface area (Å²) in [7, 11) is 0. The number of anilines is 2. The van der Waals surface area contributed by atoms with Crippen LogP contribution in [0.5, 0.6) is 0 Å². The monoisotopic (exact) mass is 382 g/mol. The molecule has 0 aliphatic carbocycles. The highest BCUT2D eigenvalue weighted by atomic mass is 16.1. The molecular formula is C22H18N6O. The summed E-state index contributed by atoms with van der Waals surface area (Å²) in [5.74, 6) is 6.08. The SMILES string of the molecule is CC#CC(=O)Nc1ccc2ncn(-c3cc(NCc4ccccc4)ncn3)c2c1. The first kappa shape index (κ1) is 18.2. The molecule has 2 N–H and O–H groups in total. The van der Waals surface area contributed by atoms with Crippen LogP contribution in [0.15, 0.2) is 67.3 Å². The first-order valence-corrected chi connectivity index (χ1v) is 9.04. The zero-order valence-corrected chi connectivity index (χ0v) is 15.8. The molecule has 2 aromatic carbocycles. The lowest BCUT2D eigenvalue weighted by Gasteiger charge is -2.09. The molecule has 7 heteroatoms. The lowest BCUT2D eigenvalue weighted by Crippen LogP contribution is -2.08. The van der Waals surface area contributed by atoms with Crippen molar-refractivity contribution in [3.8, 4) is 17.7 Å². The molecule has 2 heterocycles. The number of carbonyl (C=O) groups excluding carboxylic acids is 1. The molecule has 142 valence electrons. The minimum Gasteiger partial charge on any atom is -0.366 e. The first-order valence-electron chi connectivity index (χ1n) is 9.04. The maximum absolute atomic E-state index is 11.7. The Balaban J connectivity index is 1.60. The van der Waals surface area contributed by atoms with E-state index in [1.165, 1.54) is 6.33 Å². The summed E-state index contributed by atoms with van der Waals surface area (Å²) < 4.78 is 1.85. The van der Waals surface area contributed by atoms with Crippen molar-refractivity contribution in [1.82, 2.24) is 19.5 Å². The summed E-state index contributed by atoms with van der Waals surface area (Å²) in [4.78, 5) is 24.8. The second-order valence-electron chi connectivity index (χ2n) is 6.25. The fraction of sp³-hybridized carbons (Fsp3) is 0.0909. The fourth-order valence-corrected chi connectivity index (χ4v) is 2.91. The van der Waals surface area contributed by atoms with Crippen LogP contribution < -0.4 is 10.6 Å². The Morgan fingerprint density at radius 1 is 1.07 bits per heavy atom. The van der Waals surface area contributed by atoms with Gasteiger partial charge in [-0.2, -0.15) is 0 Å². The summed E-state index contributed by atoms with van der Waals surface area (Å²) in [6.07, 6.45) is 3.21. The number of carbonyl (C=O) groups is 1. The Kier molecular flexibility index (Phi) is 5.16. The summed E-state index contributed by atoms with van der Waals surface area (Å²) in [6, 6.07) is 17.4. The third kappa shape index (κ3) is 4.22. The summed E-state index contributed by atoms with van der Waals surface area (Å²) in [6.45, 7) is 2.28. The fourth-order valence-electron chi connectivity index (χ4n) is 2.91. The molecule has 0 aliphatic rings. The van der Waals surface area contributed by atoms with Gasteiger partial charge >= 0.3 is 0 Å². The number of nitrogens with one attached hydrogen (secondary N) is 2. The van der Waals surface area contributed by atoms with E-state index < -0.39 is 0 Å². The predicted octanol–water partition coefficient (Wildman–Crippen LogP) is 3.39. The van der Waals surface area contributed by atoms with Crippen LogP contribution in [0.1, 0.15) is 12.5 Å². The lowest BCUT2D eigenvalue weighted by molar-refractivity contribution is -0.111. The number of amides is 1. The molecule has 0 bridgehead atoms. The number of hydrogen-bond acceptors (Lipinski definition) is 5. The standard InChI is InChI=1S/C22H18N6O/c1-2-6-22(29)27-17-9-10-18-19(11-17)28(15-26-18)21-12-20(24-14-25-21)23-13-16-7-4-3-5-8-16/h3-5,7-12,14-15H,13H2,1H3,(H,27,29)(H,23,24,25). The maximum Gasteiger partial charge on any atom is 0.300 e. The van der Waals surface area contributed by atoms with Crippen LogP contribution in [0.3, 0.4) is 0 Å². The molecule has 0 fully saturated rings. The minimum atomic E-state index is -0.354. The molecule has 4 aromatic rings. The molecule has 0 aliphatic heterocycles. The quantitative estimate of drug-likeness (QED) is 0.517. The van der Waals surface area contributed by atoms with Crippen molar-refractivity contribution in [3.05, 3.63) is 72.8 Å². The lowest BCUT2D eigenvalue weighted by atomic mass is 10.2. The van der Waals surface area contributed by atoms with E-state index in [2.05, 4.69) is 49.6 Å². The van der Waals surface area contributed by atoms with Crippen LogP contribution >= 0.6 is 0 Å². The van der Waals surface area contributed by atoms with Gasteiger partial charge in [0.25, 0.3) is 5.91 Å². The molecular weight excluding hydrogens is 364 g/mol. The van der Waals surface area contributed by atoms with E-state index in [0.717, 1.165) is 16.6 Å². The average molecular weight is 382 g/mol. The van der Waals surface area contributed by atoms with Crippen LogP contribution in [0.25, 0.3) is 16.9 Å². The predicted molar refractivity (Wildman–Crippen MR) is 113 cm³/mol. The second kappa shape index (κ2) is 8.23. The van der Waals surface area contributed by atoms with Gasteiger partial charge in [-0.15, -0.1) is 0 Å². The van der Waals surface area contributed by atoms with E-state index in [4.69, 9.17) is 0 Å². The van der Waals surface area contributed by atoms with E-state index in [1.807, 2.05) is 41.0 Å². The van der Waals surface area contributed by atoms with E-state index >= 15 is 0 Å². The molecule has 0 radical (unpaired) electrons. The third-order valence-electron chi connectivity index (χ3n) is 4.26. The van der Waals surface area contributed by atoms with Gasteiger partial charge in [0, 0.05) is 18.3 Å². The normalized spacial score (nSPS) is 10.2. The highest BCUT2D eigenvalue weighted by Gasteiger charge is 2.09. The van der Waals surface area contributed by atoms with Crippen LogP contribution in [0, 0.1) is 11.8 Å². The highest BCUT2D eigenvalue weighted by Crippen LogP contribution is 2.22. The molecule has 0 saturated heterocycles. The highest BCUT2D eigenvalue weighted by molar-refractivity contribution is 6.04. The van der Waals surface area contributed by atoms with Gasteiger partial charge in [0.05, 0.1) is 11.0 Å². The largest absolute Gasteiger partial charge is 0.366 e. The molecule has 7 nitrogen and oxygen atoms in total. The van der Waals surface area contributed by atoms with Crippen molar-refractivity contribution in [2.45, 2.75) is 13.5 Å². The number of benzene rings is 2. The Hall–Kier alpha value is -4.18. The number of rotatable bonds is 5. The smallest absolute Gasteiger partial charge is 0.300 e. The number of hydrogen-bond donors (Lipinski definition) is 2. The summed E-state index contributed by atoms with van der Waals surface area (Å²) >= 11 is 0. The van der Waals surface area contributed by atoms with Crippen LogP contribution in [0.2, 0.25) is 0 Å². The van der Waals surface area contributed by atoms with E-state index in [-0.39, 0.29) is 5.91 Å². The van der Waals surface area contributed by atoms with Crippen molar-refractivity contribution in [2.24, 2.45) is 0 Å². The second-order valence-corrected chi connectivity index (χ2v) is 6.25. The first-order chi connectivity index (χ1) is 14.2. The summed E-state index contributed by atoms with van der Waals surface area (Å²) in [5.41, 5.74) is 3.42. The van der Waals surface area contributed by atoms with Crippen molar-refractivity contribution in [2.75, 3.05) is 10.6 Å². The van der Waals surface area contributed by atoms with Crippen molar-refractivity contribution in [3.63, 3.8) is 0 Å². The Bertz CT molecular complexity index is 1220. The molecule has 2 aromatic heterocycles. The Labute approximate surface area is 167 Å². The van der Waals surface area contributed by atoms with Gasteiger partial charge in [0.2, 0.25) is 0 Å². The van der Waals surface area contributed by atoms with Gasteiger partial charge in [-0.25, -0.2) is 15.0 Å². The van der Waals surface area contributed by atoms with E-state index in [1.54, 1.807) is 19.3 Å². The maximum atomic E-state index is 11.7. The molecule has 0 saturated carbocycles. The molecule has 1 amide bonds. The average Bonchev–Trinajstić information content (AvgIpc) is 3.17. The van der Waals surface area contributed by atoms with Crippen LogP contribution in [-0.4, -0.2) is 25.4 Å². The molecule has 0 atom stereocenters. The number of imidazole rings is 1. The summed E-state index contributed by atoms with van der Waals surface area (Å²) in [5, 5.41) is 6.06. The van der Waals surface area contributed by atoms with Gasteiger partial charge in [0.15, 0.2) is 0 Å². The van der Waals surface area contributed by atoms with Crippen molar-refractivity contribution >= 4 is 28.4 Å². The van der Waals surface area contributed by atoms with Crippen molar-refractivity contribution < 1.29 is 4.79 Å².